The van der Waals surface area contributed by atoms with Crippen molar-refractivity contribution in [1.29, 1.82) is 0 Å². The summed E-state index contributed by atoms with van der Waals surface area (Å²) in [5.41, 5.74) is 0. The molecule has 2 rings (SSSR count). The molecule has 0 aliphatic carbocycles. The molecule has 2 fully saturated rings. The van der Waals surface area contributed by atoms with E-state index in [1.807, 2.05) is 0 Å². The number of hydrogen-bond donors (Lipinski definition) is 1. The van der Waals surface area contributed by atoms with Gasteiger partial charge in [0.05, 0.1) is 6.61 Å². The molecule has 3 atom stereocenters. The van der Waals surface area contributed by atoms with Crippen molar-refractivity contribution in [3.63, 3.8) is 0 Å². The fourth-order valence-corrected chi connectivity index (χ4v) is 3.58. The van der Waals surface area contributed by atoms with Crippen LogP contribution in [0.25, 0.3) is 0 Å². The second-order valence-electron chi connectivity index (χ2n) is 6.21. The molecule has 0 aromatic carbocycles. The SMILES string of the molecule is CCCNC(COC)CN1CCC2CCC(C1)N2C. The first-order chi connectivity index (χ1) is 9.24. The minimum atomic E-state index is 0.479. The highest BCUT2D eigenvalue weighted by atomic mass is 16.5. The number of fused-ring (bicyclic) bond motifs is 2. The highest BCUT2D eigenvalue weighted by Crippen LogP contribution is 2.28. The van der Waals surface area contributed by atoms with Crippen LogP contribution in [0.5, 0.6) is 0 Å². The summed E-state index contributed by atoms with van der Waals surface area (Å²) < 4.78 is 5.36. The maximum atomic E-state index is 5.36. The number of likely N-dealkylation sites (N-methyl/N-ethyl adjacent to an activating group) is 1. The zero-order chi connectivity index (χ0) is 13.7. The predicted octanol–water partition coefficient (Wildman–Crippen LogP) is 1.17. The molecule has 2 aliphatic heterocycles. The highest BCUT2D eigenvalue weighted by molar-refractivity contribution is 4.91. The van der Waals surface area contributed by atoms with E-state index in [0.29, 0.717) is 6.04 Å². The largest absolute Gasteiger partial charge is 0.383 e. The quantitative estimate of drug-likeness (QED) is 0.751. The Morgan fingerprint density at radius 2 is 2.05 bits per heavy atom. The Morgan fingerprint density at radius 1 is 1.26 bits per heavy atom. The summed E-state index contributed by atoms with van der Waals surface area (Å²) >= 11 is 0. The summed E-state index contributed by atoms with van der Waals surface area (Å²) in [6.45, 7) is 7.75. The molecule has 112 valence electrons. The van der Waals surface area contributed by atoms with E-state index in [0.717, 1.165) is 31.8 Å². The molecule has 0 spiro atoms. The lowest BCUT2D eigenvalue weighted by molar-refractivity contribution is 0.133. The molecule has 0 amide bonds. The van der Waals surface area contributed by atoms with E-state index < -0.39 is 0 Å². The first-order valence-electron chi connectivity index (χ1n) is 7.91. The molecular weight excluding hydrogens is 238 g/mol. The van der Waals surface area contributed by atoms with Crippen molar-refractivity contribution < 1.29 is 4.74 Å². The Bertz CT molecular complexity index is 262. The molecule has 0 saturated carbocycles. The predicted molar refractivity (Wildman–Crippen MR) is 79.6 cm³/mol. The number of nitrogens with zero attached hydrogens (tertiary/aromatic N) is 2. The van der Waals surface area contributed by atoms with Crippen molar-refractivity contribution in [2.75, 3.05) is 46.9 Å². The molecule has 0 radical (unpaired) electrons. The highest BCUT2D eigenvalue weighted by Gasteiger charge is 2.34. The Labute approximate surface area is 118 Å². The van der Waals surface area contributed by atoms with Crippen LogP contribution in [0.4, 0.5) is 0 Å². The summed E-state index contributed by atoms with van der Waals surface area (Å²) in [6.07, 6.45) is 5.31. The van der Waals surface area contributed by atoms with Gasteiger partial charge in [-0.1, -0.05) is 6.92 Å². The fraction of sp³-hybridized carbons (Fsp3) is 1.00. The molecule has 2 aliphatic rings. The summed E-state index contributed by atoms with van der Waals surface area (Å²) in [5.74, 6) is 0. The second kappa shape index (κ2) is 7.58. The van der Waals surface area contributed by atoms with Gasteiger partial charge in [-0.05, 0) is 45.8 Å². The molecular formula is C15H31N3O. The van der Waals surface area contributed by atoms with Crippen molar-refractivity contribution in [3.05, 3.63) is 0 Å². The zero-order valence-electron chi connectivity index (χ0n) is 12.9. The van der Waals surface area contributed by atoms with Crippen molar-refractivity contribution in [2.24, 2.45) is 0 Å². The smallest absolute Gasteiger partial charge is 0.0628 e. The molecule has 0 aromatic heterocycles. The number of methoxy groups -OCH3 is 1. The van der Waals surface area contributed by atoms with Gasteiger partial charge >= 0.3 is 0 Å². The molecule has 4 nitrogen and oxygen atoms in total. The third kappa shape index (κ3) is 4.15. The standard InChI is InChI=1S/C15H31N3O/c1-4-8-16-13(12-19-3)10-18-9-7-14-5-6-15(11-18)17(14)2/h13-16H,4-12H2,1-3H3. The van der Waals surface area contributed by atoms with Crippen LogP contribution in [0.2, 0.25) is 0 Å². The van der Waals surface area contributed by atoms with E-state index in [1.54, 1.807) is 7.11 Å². The zero-order valence-corrected chi connectivity index (χ0v) is 12.9. The van der Waals surface area contributed by atoms with Gasteiger partial charge in [-0.15, -0.1) is 0 Å². The first kappa shape index (κ1) is 15.2. The molecule has 0 aromatic rings. The van der Waals surface area contributed by atoms with E-state index >= 15 is 0 Å². The van der Waals surface area contributed by atoms with Crippen LogP contribution >= 0.6 is 0 Å². The summed E-state index contributed by atoms with van der Waals surface area (Å²) in [6, 6.07) is 2.09. The van der Waals surface area contributed by atoms with Gasteiger partial charge < -0.3 is 15.0 Å². The summed E-state index contributed by atoms with van der Waals surface area (Å²) in [4.78, 5) is 5.26. The average molecular weight is 269 g/mol. The lowest BCUT2D eigenvalue weighted by atomic mass is 10.1. The van der Waals surface area contributed by atoms with Crippen LogP contribution in [0.1, 0.15) is 32.6 Å². The van der Waals surface area contributed by atoms with E-state index in [4.69, 9.17) is 4.74 Å². The maximum Gasteiger partial charge on any atom is 0.0628 e. The Hall–Kier alpha value is -0.160. The Balaban J connectivity index is 1.83. The molecule has 2 bridgehead atoms. The van der Waals surface area contributed by atoms with Crippen molar-refractivity contribution in [2.45, 2.75) is 50.7 Å². The fourth-order valence-electron chi connectivity index (χ4n) is 3.58. The van der Waals surface area contributed by atoms with Crippen LogP contribution < -0.4 is 5.32 Å². The van der Waals surface area contributed by atoms with E-state index in [9.17, 15) is 0 Å². The topological polar surface area (TPSA) is 27.7 Å². The molecule has 1 N–H and O–H groups in total. The van der Waals surface area contributed by atoms with Crippen LogP contribution in [0.15, 0.2) is 0 Å². The van der Waals surface area contributed by atoms with Gasteiger partial charge in [0.1, 0.15) is 0 Å². The number of rotatable bonds is 7. The molecule has 3 unspecified atom stereocenters. The summed E-state index contributed by atoms with van der Waals surface area (Å²) in [5, 5.41) is 3.61. The van der Waals surface area contributed by atoms with Crippen LogP contribution in [0.3, 0.4) is 0 Å². The minimum absolute atomic E-state index is 0.479. The Kier molecular flexibility index (Phi) is 6.07. The third-order valence-electron chi connectivity index (χ3n) is 4.76. The molecule has 2 heterocycles. The third-order valence-corrected chi connectivity index (χ3v) is 4.76. The summed E-state index contributed by atoms with van der Waals surface area (Å²) in [7, 11) is 4.12. The van der Waals surface area contributed by atoms with E-state index in [2.05, 4.69) is 29.1 Å². The van der Waals surface area contributed by atoms with Gasteiger partial charge in [-0.2, -0.15) is 0 Å². The minimum Gasteiger partial charge on any atom is -0.383 e. The number of likely N-dealkylation sites (tertiary alicyclic amines) is 1. The van der Waals surface area contributed by atoms with Crippen LogP contribution in [-0.4, -0.2) is 74.9 Å². The van der Waals surface area contributed by atoms with Gasteiger partial charge in [-0.3, -0.25) is 4.90 Å². The average Bonchev–Trinajstić information content (AvgIpc) is 2.64. The van der Waals surface area contributed by atoms with Gasteiger partial charge in [0.15, 0.2) is 0 Å². The van der Waals surface area contributed by atoms with Crippen molar-refractivity contribution in [1.82, 2.24) is 15.1 Å². The van der Waals surface area contributed by atoms with Crippen LogP contribution in [-0.2, 0) is 4.74 Å². The maximum absolute atomic E-state index is 5.36. The monoisotopic (exact) mass is 269 g/mol. The molecule has 2 saturated heterocycles. The molecule has 4 heteroatoms. The number of hydrogen-bond acceptors (Lipinski definition) is 4. The van der Waals surface area contributed by atoms with Gasteiger partial charge in [-0.25, -0.2) is 0 Å². The molecule has 19 heavy (non-hydrogen) atoms. The second-order valence-corrected chi connectivity index (χ2v) is 6.21. The van der Waals surface area contributed by atoms with Crippen molar-refractivity contribution >= 4 is 0 Å². The van der Waals surface area contributed by atoms with E-state index in [-0.39, 0.29) is 0 Å². The number of ether oxygens (including phenoxy) is 1. The van der Waals surface area contributed by atoms with Gasteiger partial charge in [0.25, 0.3) is 0 Å². The first-order valence-corrected chi connectivity index (χ1v) is 7.91. The van der Waals surface area contributed by atoms with Crippen molar-refractivity contribution in [3.8, 4) is 0 Å². The lowest BCUT2D eigenvalue weighted by Crippen LogP contribution is -2.46. The van der Waals surface area contributed by atoms with Gasteiger partial charge in [0.2, 0.25) is 0 Å². The van der Waals surface area contributed by atoms with Crippen LogP contribution in [0, 0.1) is 0 Å². The normalized spacial score (nSPS) is 30.5. The lowest BCUT2D eigenvalue weighted by Gasteiger charge is -2.29. The van der Waals surface area contributed by atoms with E-state index in [1.165, 1.54) is 38.8 Å². The van der Waals surface area contributed by atoms with Gasteiger partial charge in [0, 0.05) is 38.3 Å². The Morgan fingerprint density at radius 3 is 2.79 bits per heavy atom. The number of nitrogens with one attached hydrogen (secondary N) is 1.